The van der Waals surface area contributed by atoms with E-state index in [4.69, 9.17) is 0 Å². The molecule has 0 atom stereocenters. The van der Waals surface area contributed by atoms with E-state index in [0.717, 1.165) is 16.8 Å². The van der Waals surface area contributed by atoms with Crippen LogP contribution in [0.2, 0.25) is 0 Å². The Hall–Kier alpha value is -2.62. The van der Waals surface area contributed by atoms with Gasteiger partial charge in [-0.15, -0.1) is 0 Å². The van der Waals surface area contributed by atoms with Crippen LogP contribution in [0.5, 0.6) is 0 Å². The van der Waals surface area contributed by atoms with Gasteiger partial charge in [0.15, 0.2) is 0 Å². The molecule has 0 aromatic heterocycles. The molecule has 2 amide bonds. The van der Waals surface area contributed by atoms with Gasteiger partial charge in [-0.05, 0) is 50.1 Å². The van der Waals surface area contributed by atoms with Gasteiger partial charge < -0.3 is 5.32 Å². The lowest BCUT2D eigenvalue weighted by molar-refractivity contribution is 0.0642. The summed E-state index contributed by atoms with van der Waals surface area (Å²) in [5.41, 5.74) is 4.07. The topological polar surface area (TPSA) is 49.4 Å². The van der Waals surface area contributed by atoms with Crippen molar-refractivity contribution in [2.24, 2.45) is 0 Å². The summed E-state index contributed by atoms with van der Waals surface area (Å²) in [7, 11) is 0. The summed E-state index contributed by atoms with van der Waals surface area (Å²) in [6.45, 7) is 6.47. The van der Waals surface area contributed by atoms with Crippen LogP contribution < -0.4 is 5.32 Å². The van der Waals surface area contributed by atoms with E-state index in [2.05, 4.69) is 19.2 Å². The number of carbonyl (C=O) groups is 2. The molecular weight excluding hydrogens is 288 g/mol. The Bertz CT molecular complexity index is 746. The molecule has 1 heterocycles. The van der Waals surface area contributed by atoms with E-state index in [1.54, 1.807) is 24.3 Å². The molecule has 1 N–H and O–H groups in total. The summed E-state index contributed by atoms with van der Waals surface area (Å²) in [4.78, 5) is 26.3. The summed E-state index contributed by atoms with van der Waals surface area (Å²) in [6.07, 6.45) is 0. The maximum absolute atomic E-state index is 12.5. The van der Waals surface area contributed by atoms with Crippen LogP contribution in [0, 0.1) is 6.92 Å². The van der Waals surface area contributed by atoms with Gasteiger partial charge in [0.2, 0.25) is 0 Å². The Kier molecular flexibility index (Phi) is 3.90. The number of fused-ring (bicyclic) bond motifs is 1. The van der Waals surface area contributed by atoms with Crippen LogP contribution in [0.15, 0.2) is 42.5 Å². The largest absolute Gasteiger partial charge is 0.383 e. The van der Waals surface area contributed by atoms with Gasteiger partial charge in [0.1, 0.15) is 0 Å². The first kappa shape index (κ1) is 15.3. The summed E-state index contributed by atoms with van der Waals surface area (Å²) >= 11 is 0. The lowest BCUT2D eigenvalue weighted by Gasteiger charge is -2.19. The van der Waals surface area contributed by atoms with Crippen LogP contribution in [0.3, 0.4) is 0 Å². The fourth-order valence-electron chi connectivity index (χ4n) is 2.88. The van der Waals surface area contributed by atoms with E-state index in [9.17, 15) is 9.59 Å². The highest BCUT2D eigenvalue weighted by molar-refractivity contribution is 6.21. The molecule has 0 aliphatic carbocycles. The number of nitrogens with one attached hydrogen (secondary N) is 1. The van der Waals surface area contributed by atoms with Crippen molar-refractivity contribution >= 4 is 17.5 Å². The molecule has 0 bridgehead atoms. The number of hydrogen-bond acceptors (Lipinski definition) is 3. The van der Waals surface area contributed by atoms with E-state index < -0.39 is 0 Å². The zero-order chi connectivity index (χ0) is 16.6. The lowest BCUT2D eigenvalue weighted by Crippen LogP contribution is -2.29. The maximum Gasteiger partial charge on any atom is 0.261 e. The normalized spacial score (nSPS) is 13.7. The van der Waals surface area contributed by atoms with Crippen molar-refractivity contribution in [2.75, 3.05) is 5.32 Å². The molecule has 1 aliphatic rings. The zero-order valence-electron chi connectivity index (χ0n) is 13.6. The quantitative estimate of drug-likeness (QED) is 0.878. The molecule has 0 unspecified atom stereocenters. The molecule has 4 heteroatoms. The first-order valence-corrected chi connectivity index (χ1v) is 7.79. The Morgan fingerprint density at radius 3 is 2.13 bits per heavy atom. The molecule has 2 aromatic carbocycles. The number of benzene rings is 2. The second-order valence-corrected chi connectivity index (χ2v) is 6.13. The molecule has 118 valence electrons. The number of anilines is 1. The highest BCUT2D eigenvalue weighted by atomic mass is 16.2. The minimum absolute atomic E-state index is 0.216. The number of rotatable bonds is 4. The van der Waals surface area contributed by atoms with Crippen molar-refractivity contribution in [3.05, 3.63) is 64.7 Å². The fraction of sp³-hybridized carbons (Fsp3) is 0.263. The van der Waals surface area contributed by atoms with Crippen molar-refractivity contribution < 1.29 is 9.59 Å². The van der Waals surface area contributed by atoms with E-state index in [1.165, 1.54) is 4.90 Å². The lowest BCUT2D eigenvalue weighted by atomic mass is 10.1. The minimum Gasteiger partial charge on any atom is -0.383 e. The van der Waals surface area contributed by atoms with E-state index >= 15 is 0 Å². The Balaban J connectivity index is 1.89. The maximum atomic E-state index is 12.5. The highest BCUT2D eigenvalue weighted by Gasteiger charge is 2.35. The Labute approximate surface area is 136 Å². The molecule has 0 fully saturated rings. The summed E-state index contributed by atoms with van der Waals surface area (Å²) in [5.74, 6) is -0.431. The van der Waals surface area contributed by atoms with Gasteiger partial charge in [0.05, 0.1) is 17.7 Å². The van der Waals surface area contributed by atoms with Gasteiger partial charge in [-0.2, -0.15) is 0 Å². The van der Waals surface area contributed by atoms with Crippen LogP contribution in [0.1, 0.15) is 45.7 Å². The van der Waals surface area contributed by atoms with Gasteiger partial charge in [-0.3, -0.25) is 14.5 Å². The van der Waals surface area contributed by atoms with Crippen molar-refractivity contribution in [3.8, 4) is 0 Å². The summed E-state index contributed by atoms with van der Waals surface area (Å²) < 4.78 is 0. The molecule has 0 saturated carbocycles. The van der Waals surface area contributed by atoms with Gasteiger partial charge in [0, 0.05) is 11.7 Å². The van der Waals surface area contributed by atoms with Crippen molar-refractivity contribution in [3.63, 3.8) is 0 Å². The fourth-order valence-corrected chi connectivity index (χ4v) is 2.88. The monoisotopic (exact) mass is 308 g/mol. The Morgan fingerprint density at radius 2 is 1.57 bits per heavy atom. The van der Waals surface area contributed by atoms with Gasteiger partial charge >= 0.3 is 0 Å². The molecule has 4 nitrogen and oxygen atoms in total. The van der Waals surface area contributed by atoms with Crippen molar-refractivity contribution in [1.82, 2.24) is 4.90 Å². The van der Waals surface area contributed by atoms with Crippen molar-refractivity contribution in [2.45, 2.75) is 33.4 Å². The number of amides is 2. The highest BCUT2D eigenvalue weighted by Crippen LogP contribution is 2.27. The minimum atomic E-state index is -0.216. The smallest absolute Gasteiger partial charge is 0.261 e. The molecular formula is C19H20N2O2. The van der Waals surface area contributed by atoms with Crippen LogP contribution in [-0.2, 0) is 6.54 Å². The van der Waals surface area contributed by atoms with Crippen LogP contribution in [-0.4, -0.2) is 22.8 Å². The summed E-state index contributed by atoms with van der Waals surface area (Å²) in [5, 5.41) is 3.39. The molecule has 23 heavy (non-hydrogen) atoms. The molecule has 2 aromatic rings. The summed E-state index contributed by atoms with van der Waals surface area (Å²) in [6, 6.07) is 13.2. The first-order valence-electron chi connectivity index (χ1n) is 7.79. The van der Waals surface area contributed by atoms with Crippen LogP contribution in [0.25, 0.3) is 0 Å². The number of nitrogens with zero attached hydrogens (tertiary/aromatic N) is 1. The molecule has 1 aliphatic heterocycles. The number of carbonyl (C=O) groups excluding carboxylic acids is 2. The van der Waals surface area contributed by atoms with Crippen molar-refractivity contribution in [1.29, 1.82) is 0 Å². The van der Waals surface area contributed by atoms with Gasteiger partial charge in [0.25, 0.3) is 11.8 Å². The zero-order valence-corrected chi connectivity index (χ0v) is 13.6. The van der Waals surface area contributed by atoms with Gasteiger partial charge in [-0.1, -0.05) is 24.3 Å². The van der Waals surface area contributed by atoms with E-state index in [-0.39, 0.29) is 11.8 Å². The number of hydrogen-bond donors (Lipinski definition) is 1. The third-order valence-corrected chi connectivity index (χ3v) is 4.10. The third-order valence-electron chi connectivity index (χ3n) is 4.10. The third kappa shape index (κ3) is 2.72. The van der Waals surface area contributed by atoms with E-state index in [0.29, 0.717) is 23.7 Å². The molecule has 3 rings (SSSR count). The van der Waals surface area contributed by atoms with Crippen LogP contribution in [0.4, 0.5) is 5.69 Å². The predicted octanol–water partition coefficient (Wildman–Crippen LogP) is 3.61. The SMILES string of the molecule is Cc1c(CN2C(=O)c3ccccc3C2=O)cccc1NC(C)C. The standard InChI is InChI=1S/C19H20N2O2/c1-12(2)20-17-10-6-7-14(13(17)3)11-21-18(22)15-8-4-5-9-16(15)19(21)23/h4-10,12,20H,11H2,1-3H3. The van der Waals surface area contributed by atoms with Gasteiger partial charge in [-0.25, -0.2) is 0 Å². The predicted molar refractivity (Wildman–Crippen MR) is 90.6 cm³/mol. The van der Waals surface area contributed by atoms with Crippen LogP contribution >= 0.6 is 0 Å². The molecule has 0 saturated heterocycles. The molecule has 0 radical (unpaired) electrons. The molecule has 0 spiro atoms. The second kappa shape index (κ2) is 5.88. The first-order chi connectivity index (χ1) is 11.0. The average Bonchev–Trinajstić information content (AvgIpc) is 2.76. The second-order valence-electron chi connectivity index (χ2n) is 6.13. The Morgan fingerprint density at radius 1 is 0.957 bits per heavy atom. The van der Waals surface area contributed by atoms with E-state index in [1.807, 2.05) is 25.1 Å². The average molecular weight is 308 g/mol. The number of imide groups is 1.